The van der Waals surface area contributed by atoms with Gasteiger partial charge in [-0.25, -0.2) is 4.98 Å². The van der Waals surface area contributed by atoms with Gasteiger partial charge >= 0.3 is 0 Å². The molecular formula is C31H30N2O4. The van der Waals surface area contributed by atoms with Crippen LogP contribution in [0.3, 0.4) is 0 Å². The van der Waals surface area contributed by atoms with Crippen LogP contribution in [0, 0.1) is 12.8 Å². The van der Waals surface area contributed by atoms with Crippen molar-refractivity contribution in [2.75, 3.05) is 11.5 Å². The van der Waals surface area contributed by atoms with Gasteiger partial charge in [-0.2, -0.15) is 0 Å². The zero-order valence-corrected chi connectivity index (χ0v) is 21.1. The van der Waals surface area contributed by atoms with Crippen LogP contribution in [0.5, 0.6) is 5.75 Å². The minimum atomic E-state index is -0.442. The van der Waals surface area contributed by atoms with E-state index in [1.165, 1.54) is 5.56 Å². The first-order valence-electron chi connectivity index (χ1n) is 12.7. The molecule has 0 N–H and O–H groups in total. The number of ether oxygens (including phenoxy) is 1. The summed E-state index contributed by atoms with van der Waals surface area (Å²) in [6.07, 6.45) is 2.97. The van der Waals surface area contributed by atoms with Crippen molar-refractivity contribution in [3.63, 3.8) is 0 Å². The van der Waals surface area contributed by atoms with Gasteiger partial charge in [-0.1, -0.05) is 49.4 Å². The van der Waals surface area contributed by atoms with Gasteiger partial charge in [0.05, 0.1) is 18.2 Å². The third-order valence-corrected chi connectivity index (χ3v) is 6.93. The summed E-state index contributed by atoms with van der Waals surface area (Å²) in [7, 11) is 0. The molecule has 6 nitrogen and oxygen atoms in total. The van der Waals surface area contributed by atoms with Gasteiger partial charge in [-0.15, -0.1) is 0 Å². The van der Waals surface area contributed by atoms with Crippen LogP contribution in [0.25, 0.3) is 11.5 Å². The van der Waals surface area contributed by atoms with Gasteiger partial charge in [0.1, 0.15) is 23.8 Å². The molecule has 3 aromatic carbocycles. The van der Waals surface area contributed by atoms with E-state index in [9.17, 15) is 9.59 Å². The molecule has 188 valence electrons. The largest absolute Gasteiger partial charge is 0.493 e. The maximum Gasteiger partial charge on any atom is 0.233 e. The number of carbonyl (C=O) groups excluding carboxylic acids is 2. The molecule has 4 aromatic rings. The lowest BCUT2D eigenvalue weighted by Crippen LogP contribution is -2.62. The molecule has 6 heteroatoms. The van der Waals surface area contributed by atoms with E-state index in [1.54, 1.807) is 4.90 Å². The van der Waals surface area contributed by atoms with Crippen LogP contribution < -0.4 is 9.64 Å². The third kappa shape index (κ3) is 5.19. The molecule has 1 saturated heterocycles. The number of oxazole rings is 1. The first-order chi connectivity index (χ1) is 18.1. The van der Waals surface area contributed by atoms with Gasteiger partial charge in [0.25, 0.3) is 0 Å². The number of carbonyl (C=O) groups is 2. The van der Waals surface area contributed by atoms with Gasteiger partial charge in [0.15, 0.2) is 0 Å². The Labute approximate surface area is 216 Å². The monoisotopic (exact) mass is 494 g/mol. The summed E-state index contributed by atoms with van der Waals surface area (Å²) in [5, 5.41) is 0. The van der Waals surface area contributed by atoms with Crippen molar-refractivity contribution < 1.29 is 18.7 Å². The van der Waals surface area contributed by atoms with E-state index in [0.29, 0.717) is 25.3 Å². The summed E-state index contributed by atoms with van der Waals surface area (Å²) in [4.78, 5) is 30.9. The highest BCUT2D eigenvalue weighted by Gasteiger charge is 2.47. The van der Waals surface area contributed by atoms with Crippen molar-refractivity contribution in [1.82, 2.24) is 4.98 Å². The molecule has 2 heterocycles. The van der Waals surface area contributed by atoms with Crippen LogP contribution >= 0.6 is 0 Å². The fraction of sp³-hybridized carbons (Fsp3) is 0.258. The molecule has 1 aromatic heterocycles. The van der Waals surface area contributed by atoms with E-state index in [-0.39, 0.29) is 11.8 Å². The predicted molar refractivity (Wildman–Crippen MR) is 143 cm³/mol. The van der Waals surface area contributed by atoms with Crippen molar-refractivity contribution in [2.45, 2.75) is 39.2 Å². The minimum Gasteiger partial charge on any atom is -0.493 e. The topological polar surface area (TPSA) is 72.6 Å². The van der Waals surface area contributed by atoms with Crippen molar-refractivity contribution in [3.8, 4) is 17.2 Å². The second-order valence-corrected chi connectivity index (χ2v) is 9.30. The first kappa shape index (κ1) is 24.5. The molecule has 5 rings (SSSR count). The molecule has 0 aliphatic carbocycles. The third-order valence-electron chi connectivity index (χ3n) is 6.93. The Bertz CT molecular complexity index is 1360. The minimum absolute atomic E-state index is 0.0143. The number of aryl methyl sites for hydroxylation is 2. The number of hydrogen-bond acceptors (Lipinski definition) is 5. The number of aromatic nitrogens is 1. The maximum atomic E-state index is 12.9. The number of hydrogen-bond donors (Lipinski definition) is 0. The molecule has 1 aliphatic heterocycles. The van der Waals surface area contributed by atoms with Crippen molar-refractivity contribution in [1.29, 1.82) is 0 Å². The Morgan fingerprint density at radius 3 is 2.35 bits per heavy atom. The first-order valence-corrected chi connectivity index (χ1v) is 12.7. The quantitative estimate of drug-likeness (QED) is 0.212. The van der Waals surface area contributed by atoms with Gasteiger partial charge in [0.2, 0.25) is 11.8 Å². The molecule has 2 atom stereocenters. The number of β-lactam (4-membered cyclic amide) rings is 1. The second kappa shape index (κ2) is 10.8. The van der Waals surface area contributed by atoms with Crippen LogP contribution in [0.1, 0.15) is 29.5 Å². The molecular weight excluding hydrogens is 464 g/mol. The summed E-state index contributed by atoms with van der Waals surface area (Å²) < 4.78 is 11.7. The van der Waals surface area contributed by atoms with Crippen LogP contribution in [-0.2, 0) is 28.9 Å². The Balaban J connectivity index is 1.15. The van der Waals surface area contributed by atoms with E-state index in [1.807, 2.05) is 85.8 Å². The summed E-state index contributed by atoms with van der Waals surface area (Å²) in [5.74, 6) is 1.80. The lowest BCUT2D eigenvalue weighted by atomic mass is 9.82. The zero-order chi connectivity index (χ0) is 25.8. The Hall–Kier alpha value is -4.19. The van der Waals surface area contributed by atoms with E-state index in [0.717, 1.165) is 46.7 Å². The number of nitrogens with zero attached hydrogens (tertiary/aromatic N) is 2. The van der Waals surface area contributed by atoms with Crippen molar-refractivity contribution in [3.05, 3.63) is 101 Å². The van der Waals surface area contributed by atoms with Crippen LogP contribution in [0.2, 0.25) is 0 Å². The van der Waals surface area contributed by atoms with E-state index >= 15 is 0 Å². The summed E-state index contributed by atoms with van der Waals surface area (Å²) in [6.45, 7) is 4.48. The molecule has 0 unspecified atom stereocenters. The van der Waals surface area contributed by atoms with E-state index in [4.69, 9.17) is 9.15 Å². The molecule has 0 spiro atoms. The predicted octanol–water partition coefficient (Wildman–Crippen LogP) is 5.61. The number of aldehydes is 1. The molecule has 37 heavy (non-hydrogen) atoms. The highest BCUT2D eigenvalue weighted by Crippen LogP contribution is 2.34. The van der Waals surface area contributed by atoms with Crippen molar-refractivity contribution in [2.24, 2.45) is 5.92 Å². The average molecular weight is 495 g/mol. The maximum absolute atomic E-state index is 12.9. The Morgan fingerprint density at radius 1 is 0.973 bits per heavy atom. The number of benzene rings is 3. The molecule has 0 bridgehead atoms. The Kier molecular flexibility index (Phi) is 7.17. The number of amides is 1. The van der Waals surface area contributed by atoms with Gasteiger partial charge in [0, 0.05) is 17.7 Å². The lowest BCUT2D eigenvalue weighted by molar-refractivity contribution is -0.133. The molecule has 0 saturated carbocycles. The summed E-state index contributed by atoms with van der Waals surface area (Å²) in [5.41, 5.74) is 4.81. The van der Waals surface area contributed by atoms with Crippen LogP contribution in [0.15, 0.2) is 83.3 Å². The zero-order valence-electron chi connectivity index (χ0n) is 21.1. The van der Waals surface area contributed by atoms with Gasteiger partial charge in [-0.3, -0.25) is 4.79 Å². The Morgan fingerprint density at radius 2 is 1.68 bits per heavy atom. The smallest absolute Gasteiger partial charge is 0.233 e. The van der Waals surface area contributed by atoms with Crippen LogP contribution in [0.4, 0.5) is 5.69 Å². The van der Waals surface area contributed by atoms with Crippen LogP contribution in [-0.4, -0.2) is 29.8 Å². The molecule has 1 amide bonds. The average Bonchev–Trinajstić information content (AvgIpc) is 3.31. The highest BCUT2D eigenvalue weighted by atomic mass is 16.5. The van der Waals surface area contributed by atoms with Crippen molar-refractivity contribution >= 4 is 17.9 Å². The number of anilines is 1. The summed E-state index contributed by atoms with van der Waals surface area (Å²) >= 11 is 0. The summed E-state index contributed by atoms with van der Waals surface area (Å²) in [6, 6.07) is 24.9. The molecule has 1 aliphatic rings. The van der Waals surface area contributed by atoms with Gasteiger partial charge in [-0.05, 0) is 67.3 Å². The fourth-order valence-electron chi connectivity index (χ4n) is 4.73. The fourth-order valence-corrected chi connectivity index (χ4v) is 4.73. The molecule has 0 radical (unpaired) electrons. The normalized spacial score (nSPS) is 16.9. The second-order valence-electron chi connectivity index (χ2n) is 9.30. The SMILES string of the molecule is CCc1ccc(N2C(=O)[C@@H](Cc3ccc(OCCc4nc(-c5ccccc5)oc4C)cc3)[C@H]2C=O)cc1. The number of rotatable bonds is 10. The standard InChI is InChI=1S/C31H30N2O4/c1-3-22-9-13-25(14-10-22)33-29(20-34)27(31(33)35)19-23-11-15-26(16-12-23)36-18-17-28-21(2)37-30(32-28)24-7-5-4-6-8-24/h4-16,20,27,29H,3,17-19H2,1-2H3/t27-,29+/m0/s1. The lowest BCUT2D eigenvalue weighted by Gasteiger charge is -2.44. The molecule has 1 fully saturated rings. The highest BCUT2D eigenvalue weighted by molar-refractivity contribution is 6.08. The van der Waals surface area contributed by atoms with E-state index in [2.05, 4.69) is 11.9 Å². The van der Waals surface area contributed by atoms with E-state index < -0.39 is 6.04 Å². The van der Waals surface area contributed by atoms with Gasteiger partial charge < -0.3 is 18.8 Å².